The van der Waals surface area contributed by atoms with E-state index in [4.69, 9.17) is 15.0 Å². The van der Waals surface area contributed by atoms with Gasteiger partial charge in [0, 0.05) is 41.3 Å². The highest BCUT2D eigenvalue weighted by atomic mass is 79.9. The van der Waals surface area contributed by atoms with Crippen molar-refractivity contribution in [1.82, 2.24) is 15.0 Å². The molecule has 4 aromatic carbocycles. The molecule has 6 rings (SSSR count). The van der Waals surface area contributed by atoms with Gasteiger partial charge in [-0.2, -0.15) is 0 Å². The van der Waals surface area contributed by atoms with Crippen LogP contribution in [0.25, 0.3) is 54.3 Å². The molecular weight excluding hydrogens is 478 g/mol. The first-order chi connectivity index (χ1) is 15.8. The lowest BCUT2D eigenvalue weighted by Crippen LogP contribution is -2.00. The van der Waals surface area contributed by atoms with Crippen LogP contribution in [-0.2, 0) is 0 Å². The van der Waals surface area contributed by atoms with Crippen LogP contribution in [0.15, 0.2) is 102 Å². The molecule has 2 heterocycles. The minimum Gasteiger partial charge on any atom is -0.208 e. The average Bonchev–Trinajstić information content (AvgIpc) is 3.24. The third-order valence-electron chi connectivity index (χ3n) is 5.41. The molecular formula is C27H16BrN3S. The van der Waals surface area contributed by atoms with E-state index in [1.807, 2.05) is 60.7 Å². The molecule has 5 heteroatoms. The van der Waals surface area contributed by atoms with Crippen LogP contribution in [0.1, 0.15) is 0 Å². The molecule has 0 fully saturated rings. The maximum atomic E-state index is 4.86. The largest absolute Gasteiger partial charge is 0.208 e. The van der Waals surface area contributed by atoms with Crippen molar-refractivity contribution in [1.29, 1.82) is 0 Å². The van der Waals surface area contributed by atoms with Crippen molar-refractivity contribution < 1.29 is 0 Å². The lowest BCUT2D eigenvalue weighted by atomic mass is 10.1. The predicted octanol–water partition coefficient (Wildman–Crippen LogP) is 8.00. The Hall–Kier alpha value is -3.41. The monoisotopic (exact) mass is 493 g/mol. The molecule has 0 unspecified atom stereocenters. The lowest BCUT2D eigenvalue weighted by Gasteiger charge is -2.08. The zero-order valence-corrected chi connectivity index (χ0v) is 19.3. The van der Waals surface area contributed by atoms with Crippen LogP contribution in [0.5, 0.6) is 0 Å². The maximum absolute atomic E-state index is 4.86. The number of hydrogen-bond donors (Lipinski definition) is 0. The minimum atomic E-state index is 0.674. The van der Waals surface area contributed by atoms with Gasteiger partial charge in [0.05, 0.1) is 0 Å². The SMILES string of the molecule is Brc1cccc2c1sc1ccc(-c3nc(-c4ccccc4)nc(-c4ccccc4)n3)cc12. The molecule has 6 aromatic rings. The summed E-state index contributed by atoms with van der Waals surface area (Å²) in [6.07, 6.45) is 0. The fraction of sp³-hybridized carbons (Fsp3) is 0. The van der Waals surface area contributed by atoms with Crippen LogP contribution < -0.4 is 0 Å². The molecule has 2 aromatic heterocycles. The second kappa shape index (κ2) is 7.93. The Morgan fingerprint density at radius 2 is 1.12 bits per heavy atom. The van der Waals surface area contributed by atoms with Crippen molar-refractivity contribution >= 4 is 47.4 Å². The number of halogens is 1. The lowest BCUT2D eigenvalue weighted by molar-refractivity contribution is 1.07. The summed E-state index contributed by atoms with van der Waals surface area (Å²) < 4.78 is 3.62. The van der Waals surface area contributed by atoms with Crippen molar-refractivity contribution in [3.63, 3.8) is 0 Å². The Bertz CT molecular complexity index is 1520. The third kappa shape index (κ3) is 3.40. The van der Waals surface area contributed by atoms with E-state index >= 15 is 0 Å². The first-order valence-electron chi connectivity index (χ1n) is 10.2. The normalized spacial score (nSPS) is 11.3. The highest BCUT2D eigenvalue weighted by molar-refractivity contribution is 9.10. The van der Waals surface area contributed by atoms with Gasteiger partial charge in [-0.25, -0.2) is 15.0 Å². The Balaban J connectivity index is 1.58. The molecule has 0 N–H and O–H groups in total. The quantitative estimate of drug-likeness (QED) is 0.250. The van der Waals surface area contributed by atoms with Crippen molar-refractivity contribution in [3.05, 3.63) is 102 Å². The highest BCUT2D eigenvalue weighted by Gasteiger charge is 2.14. The standard InChI is InChI=1S/C27H16BrN3S/c28-22-13-7-12-20-21-16-19(14-15-23(21)32-24(20)22)27-30-25(17-8-3-1-4-9-17)29-26(31-27)18-10-5-2-6-11-18/h1-16H. The first kappa shape index (κ1) is 19.3. The van der Waals surface area contributed by atoms with Gasteiger partial charge in [-0.05, 0) is 40.2 Å². The van der Waals surface area contributed by atoms with Gasteiger partial charge in [0.2, 0.25) is 0 Å². The third-order valence-corrected chi connectivity index (χ3v) is 7.55. The van der Waals surface area contributed by atoms with E-state index in [2.05, 4.69) is 52.3 Å². The van der Waals surface area contributed by atoms with Crippen LogP contribution in [0, 0.1) is 0 Å². The molecule has 0 bridgehead atoms. The molecule has 0 aliphatic carbocycles. The fourth-order valence-corrected chi connectivity index (χ4v) is 5.54. The fourth-order valence-electron chi connectivity index (χ4n) is 3.84. The first-order valence-corrected chi connectivity index (χ1v) is 11.9. The second-order valence-corrected chi connectivity index (χ2v) is 9.37. The van der Waals surface area contributed by atoms with Gasteiger partial charge in [-0.3, -0.25) is 0 Å². The zero-order valence-electron chi connectivity index (χ0n) is 16.9. The van der Waals surface area contributed by atoms with Crippen molar-refractivity contribution in [2.24, 2.45) is 0 Å². The molecule has 0 amide bonds. The summed E-state index contributed by atoms with van der Waals surface area (Å²) in [5, 5.41) is 2.45. The van der Waals surface area contributed by atoms with E-state index < -0.39 is 0 Å². The number of nitrogens with zero attached hydrogens (tertiary/aromatic N) is 3. The summed E-state index contributed by atoms with van der Waals surface area (Å²) in [5.74, 6) is 2.02. The Labute approximate surface area is 197 Å². The topological polar surface area (TPSA) is 38.7 Å². The average molecular weight is 494 g/mol. The molecule has 32 heavy (non-hydrogen) atoms. The number of thiophene rings is 1. The van der Waals surface area contributed by atoms with Crippen LogP contribution in [0.4, 0.5) is 0 Å². The van der Waals surface area contributed by atoms with Gasteiger partial charge < -0.3 is 0 Å². The number of benzene rings is 4. The van der Waals surface area contributed by atoms with Crippen LogP contribution >= 0.6 is 27.3 Å². The van der Waals surface area contributed by atoms with Gasteiger partial charge in [0.1, 0.15) is 0 Å². The summed E-state index contributed by atoms with van der Waals surface area (Å²) in [5.41, 5.74) is 2.92. The van der Waals surface area contributed by atoms with E-state index in [1.54, 1.807) is 11.3 Å². The van der Waals surface area contributed by atoms with E-state index in [0.717, 1.165) is 21.2 Å². The summed E-state index contributed by atoms with van der Waals surface area (Å²) in [6, 6.07) is 32.9. The number of hydrogen-bond acceptors (Lipinski definition) is 4. The molecule has 0 aliphatic rings. The van der Waals surface area contributed by atoms with E-state index in [9.17, 15) is 0 Å². The summed E-state index contributed by atoms with van der Waals surface area (Å²) in [6.45, 7) is 0. The van der Waals surface area contributed by atoms with E-state index in [0.29, 0.717) is 17.5 Å². The second-order valence-electron chi connectivity index (χ2n) is 7.47. The number of fused-ring (bicyclic) bond motifs is 3. The molecule has 0 saturated heterocycles. The van der Waals surface area contributed by atoms with Gasteiger partial charge >= 0.3 is 0 Å². The highest BCUT2D eigenvalue weighted by Crippen LogP contribution is 2.39. The van der Waals surface area contributed by atoms with Crippen molar-refractivity contribution in [2.45, 2.75) is 0 Å². The number of rotatable bonds is 3. The molecule has 152 valence electrons. The zero-order chi connectivity index (χ0) is 21.5. The molecule has 0 atom stereocenters. The van der Waals surface area contributed by atoms with E-state index in [1.165, 1.54) is 20.2 Å². The minimum absolute atomic E-state index is 0.674. The van der Waals surface area contributed by atoms with Crippen molar-refractivity contribution in [3.8, 4) is 34.2 Å². The molecule has 3 nitrogen and oxygen atoms in total. The maximum Gasteiger partial charge on any atom is 0.164 e. The molecule has 0 spiro atoms. The Kier molecular flexibility index (Phi) is 4.78. The Morgan fingerprint density at radius 1 is 0.531 bits per heavy atom. The van der Waals surface area contributed by atoms with Crippen LogP contribution in [0.2, 0.25) is 0 Å². The summed E-state index contributed by atoms with van der Waals surface area (Å²) >= 11 is 5.48. The number of aromatic nitrogens is 3. The summed E-state index contributed by atoms with van der Waals surface area (Å²) in [7, 11) is 0. The Morgan fingerprint density at radius 3 is 1.75 bits per heavy atom. The smallest absolute Gasteiger partial charge is 0.164 e. The van der Waals surface area contributed by atoms with E-state index in [-0.39, 0.29) is 0 Å². The predicted molar refractivity (Wildman–Crippen MR) is 137 cm³/mol. The van der Waals surface area contributed by atoms with Gasteiger partial charge in [-0.1, -0.05) is 72.8 Å². The molecule has 0 saturated carbocycles. The van der Waals surface area contributed by atoms with Crippen molar-refractivity contribution in [2.75, 3.05) is 0 Å². The van der Waals surface area contributed by atoms with Crippen LogP contribution in [0.3, 0.4) is 0 Å². The summed E-state index contributed by atoms with van der Waals surface area (Å²) in [4.78, 5) is 14.5. The molecule has 0 aliphatic heterocycles. The van der Waals surface area contributed by atoms with Crippen LogP contribution in [-0.4, -0.2) is 15.0 Å². The van der Waals surface area contributed by atoms with Gasteiger partial charge in [0.15, 0.2) is 17.5 Å². The molecule has 0 radical (unpaired) electrons. The van der Waals surface area contributed by atoms with Gasteiger partial charge in [0.25, 0.3) is 0 Å². The van der Waals surface area contributed by atoms with Gasteiger partial charge in [-0.15, -0.1) is 11.3 Å².